The van der Waals surface area contributed by atoms with Crippen molar-refractivity contribution < 1.29 is 21.2 Å². The molecule has 1 aromatic carbocycles. The lowest BCUT2D eigenvalue weighted by atomic mass is 10.3. The molecule has 2 rings (SSSR count). The van der Waals surface area contributed by atoms with Crippen LogP contribution in [0.5, 0.6) is 0 Å². The fraction of sp³-hybridized carbons (Fsp3) is 0.500. The quantitative estimate of drug-likeness (QED) is 0.853. The highest BCUT2D eigenvalue weighted by atomic mass is 32.2. The van der Waals surface area contributed by atoms with E-state index in [0.29, 0.717) is 19.6 Å². The Labute approximate surface area is 123 Å². The molecule has 118 valence electrons. The van der Waals surface area contributed by atoms with Gasteiger partial charge >= 0.3 is 0 Å². The average molecular weight is 336 g/mol. The number of piperazine rings is 1. The van der Waals surface area contributed by atoms with Crippen LogP contribution in [0.2, 0.25) is 0 Å². The van der Waals surface area contributed by atoms with E-state index in [-0.39, 0.29) is 10.9 Å². The number of hydrogen-bond donors (Lipinski definition) is 1. The first-order chi connectivity index (χ1) is 9.64. The molecule has 0 unspecified atom stereocenters. The minimum absolute atomic E-state index is 0.235. The fourth-order valence-corrected chi connectivity index (χ4v) is 4.63. The molecule has 1 fully saturated rings. The predicted octanol–water partition coefficient (Wildman–Crippen LogP) is 0.212. The molecule has 1 aromatic rings. The smallest absolute Gasteiger partial charge is 0.243 e. The monoisotopic (exact) mass is 336 g/mol. The van der Waals surface area contributed by atoms with Crippen molar-refractivity contribution in [2.75, 3.05) is 25.9 Å². The molecule has 1 aliphatic rings. The van der Waals surface area contributed by atoms with Crippen LogP contribution in [0.15, 0.2) is 28.0 Å². The summed E-state index contributed by atoms with van der Waals surface area (Å²) in [5.74, 6) is -1.05. The summed E-state index contributed by atoms with van der Waals surface area (Å²) in [5.41, 5.74) is 0. The molecule has 9 heteroatoms. The van der Waals surface area contributed by atoms with Gasteiger partial charge in [-0.1, -0.05) is 0 Å². The van der Waals surface area contributed by atoms with Crippen LogP contribution in [0.25, 0.3) is 0 Å². The van der Waals surface area contributed by atoms with Gasteiger partial charge in [0.15, 0.2) is 9.84 Å². The Morgan fingerprint density at radius 3 is 2.48 bits per heavy atom. The highest BCUT2D eigenvalue weighted by molar-refractivity contribution is 7.90. The Morgan fingerprint density at radius 1 is 1.29 bits per heavy atom. The SMILES string of the molecule is C[C@@H]1CNCCN1S(=O)(=O)c1ccc(S(C)(=O)=O)c(F)c1. The summed E-state index contributed by atoms with van der Waals surface area (Å²) in [4.78, 5) is -0.740. The Kier molecular flexibility index (Phi) is 4.39. The van der Waals surface area contributed by atoms with Crippen molar-refractivity contribution in [3.8, 4) is 0 Å². The van der Waals surface area contributed by atoms with Gasteiger partial charge in [0.25, 0.3) is 0 Å². The van der Waals surface area contributed by atoms with E-state index in [9.17, 15) is 21.2 Å². The first-order valence-electron chi connectivity index (χ1n) is 6.36. The Bertz CT molecular complexity index is 747. The van der Waals surface area contributed by atoms with Crippen LogP contribution in [-0.2, 0) is 19.9 Å². The molecule has 1 atom stereocenters. The summed E-state index contributed by atoms with van der Waals surface area (Å²) in [5, 5.41) is 3.07. The summed E-state index contributed by atoms with van der Waals surface area (Å²) in [7, 11) is -7.56. The summed E-state index contributed by atoms with van der Waals surface area (Å²) >= 11 is 0. The molecule has 0 aromatic heterocycles. The minimum atomic E-state index is -3.84. The van der Waals surface area contributed by atoms with Gasteiger partial charge in [0.1, 0.15) is 10.7 Å². The lowest BCUT2D eigenvalue weighted by Crippen LogP contribution is -2.52. The third kappa shape index (κ3) is 3.25. The molecule has 0 bridgehead atoms. The van der Waals surface area contributed by atoms with Crippen molar-refractivity contribution in [1.82, 2.24) is 9.62 Å². The zero-order chi connectivity index (χ0) is 15.8. The third-order valence-corrected chi connectivity index (χ3v) is 6.49. The molecule has 1 saturated heterocycles. The Balaban J connectivity index is 2.44. The number of sulfone groups is 1. The van der Waals surface area contributed by atoms with E-state index >= 15 is 0 Å². The zero-order valence-electron chi connectivity index (χ0n) is 11.7. The minimum Gasteiger partial charge on any atom is -0.314 e. The lowest BCUT2D eigenvalue weighted by Gasteiger charge is -2.32. The van der Waals surface area contributed by atoms with Gasteiger partial charge in [0, 0.05) is 31.9 Å². The standard InChI is InChI=1S/C12H17FN2O4S2/c1-9-8-14-5-6-15(9)21(18,19)10-3-4-12(11(13)7-10)20(2,16)17/h3-4,7,9,14H,5-6,8H2,1-2H3/t9-/m1/s1. The fourth-order valence-electron chi connectivity index (χ4n) is 2.26. The van der Waals surface area contributed by atoms with Crippen LogP contribution < -0.4 is 5.32 Å². The van der Waals surface area contributed by atoms with Gasteiger partial charge in [-0.3, -0.25) is 0 Å². The van der Waals surface area contributed by atoms with Crippen molar-refractivity contribution in [2.45, 2.75) is 22.8 Å². The van der Waals surface area contributed by atoms with Crippen molar-refractivity contribution in [1.29, 1.82) is 0 Å². The van der Waals surface area contributed by atoms with E-state index in [1.54, 1.807) is 6.92 Å². The van der Waals surface area contributed by atoms with Gasteiger partial charge in [0.05, 0.1) is 4.90 Å². The molecule has 1 heterocycles. The van der Waals surface area contributed by atoms with Crippen molar-refractivity contribution in [2.24, 2.45) is 0 Å². The molecule has 0 spiro atoms. The van der Waals surface area contributed by atoms with E-state index in [4.69, 9.17) is 0 Å². The van der Waals surface area contributed by atoms with Gasteiger partial charge in [-0.15, -0.1) is 0 Å². The second kappa shape index (κ2) is 5.64. The number of benzene rings is 1. The normalized spacial score (nSPS) is 21.4. The molecule has 0 radical (unpaired) electrons. The molecule has 21 heavy (non-hydrogen) atoms. The van der Waals surface area contributed by atoms with Crippen molar-refractivity contribution in [3.05, 3.63) is 24.0 Å². The highest BCUT2D eigenvalue weighted by Crippen LogP contribution is 2.23. The van der Waals surface area contributed by atoms with Crippen LogP contribution in [0.4, 0.5) is 4.39 Å². The number of rotatable bonds is 3. The first kappa shape index (κ1) is 16.3. The Morgan fingerprint density at radius 2 is 1.95 bits per heavy atom. The molecule has 0 saturated carbocycles. The van der Waals surface area contributed by atoms with Crippen LogP contribution >= 0.6 is 0 Å². The van der Waals surface area contributed by atoms with E-state index in [1.807, 2.05) is 0 Å². The summed E-state index contributed by atoms with van der Waals surface area (Å²) in [6.07, 6.45) is 0.873. The topological polar surface area (TPSA) is 83.6 Å². The molecular formula is C12H17FN2O4S2. The van der Waals surface area contributed by atoms with E-state index in [2.05, 4.69) is 5.32 Å². The number of sulfonamides is 1. The van der Waals surface area contributed by atoms with Crippen LogP contribution in [0.1, 0.15) is 6.92 Å². The summed E-state index contributed by atoms with van der Waals surface area (Å²) in [6.45, 7) is 3.08. The van der Waals surface area contributed by atoms with Gasteiger partial charge in [-0.05, 0) is 25.1 Å². The second-order valence-electron chi connectivity index (χ2n) is 5.03. The van der Waals surface area contributed by atoms with Gasteiger partial charge in [-0.25, -0.2) is 21.2 Å². The van der Waals surface area contributed by atoms with E-state index in [1.165, 1.54) is 4.31 Å². The molecule has 1 aliphatic heterocycles. The third-order valence-electron chi connectivity index (χ3n) is 3.35. The maximum Gasteiger partial charge on any atom is 0.243 e. The number of halogens is 1. The van der Waals surface area contributed by atoms with Crippen LogP contribution in [0.3, 0.4) is 0 Å². The van der Waals surface area contributed by atoms with Gasteiger partial charge in [-0.2, -0.15) is 4.31 Å². The summed E-state index contributed by atoms with van der Waals surface area (Å²) < 4.78 is 62.9. The average Bonchev–Trinajstić information content (AvgIpc) is 2.37. The van der Waals surface area contributed by atoms with Gasteiger partial charge < -0.3 is 5.32 Å². The van der Waals surface area contributed by atoms with E-state index in [0.717, 1.165) is 24.5 Å². The van der Waals surface area contributed by atoms with E-state index < -0.39 is 30.6 Å². The maximum atomic E-state index is 13.9. The molecule has 0 aliphatic carbocycles. The molecule has 1 N–H and O–H groups in total. The van der Waals surface area contributed by atoms with Crippen molar-refractivity contribution >= 4 is 19.9 Å². The second-order valence-corrected chi connectivity index (χ2v) is 8.91. The highest BCUT2D eigenvalue weighted by Gasteiger charge is 2.31. The zero-order valence-corrected chi connectivity index (χ0v) is 13.3. The van der Waals surface area contributed by atoms with Crippen LogP contribution in [-0.4, -0.2) is 53.1 Å². The van der Waals surface area contributed by atoms with Crippen LogP contribution in [0, 0.1) is 5.82 Å². The number of nitrogens with one attached hydrogen (secondary N) is 1. The number of hydrogen-bond acceptors (Lipinski definition) is 5. The molecular weight excluding hydrogens is 319 g/mol. The molecule has 6 nitrogen and oxygen atoms in total. The van der Waals surface area contributed by atoms with Crippen molar-refractivity contribution in [3.63, 3.8) is 0 Å². The largest absolute Gasteiger partial charge is 0.314 e. The first-order valence-corrected chi connectivity index (χ1v) is 9.69. The summed E-state index contributed by atoms with van der Waals surface area (Å²) in [6, 6.07) is 2.63. The lowest BCUT2D eigenvalue weighted by molar-refractivity contribution is 0.283. The predicted molar refractivity (Wildman–Crippen MR) is 75.7 cm³/mol. The maximum absolute atomic E-state index is 13.9. The Hall–Kier alpha value is -1.03. The number of nitrogens with zero attached hydrogens (tertiary/aromatic N) is 1. The molecule has 0 amide bonds. The van der Waals surface area contributed by atoms with Gasteiger partial charge in [0.2, 0.25) is 10.0 Å².